The van der Waals surface area contributed by atoms with Crippen LogP contribution in [-0.2, 0) is 4.79 Å². The molecule has 0 aliphatic heterocycles. The lowest BCUT2D eigenvalue weighted by Gasteiger charge is -2.11. The van der Waals surface area contributed by atoms with Gasteiger partial charge in [0, 0.05) is 20.1 Å². The van der Waals surface area contributed by atoms with Gasteiger partial charge in [0.25, 0.3) is 5.91 Å². The van der Waals surface area contributed by atoms with Gasteiger partial charge in [0.2, 0.25) is 5.91 Å². The molecule has 1 aromatic heterocycles. The number of anilines is 2. The van der Waals surface area contributed by atoms with Crippen LogP contribution in [0.5, 0.6) is 0 Å². The van der Waals surface area contributed by atoms with Crippen molar-refractivity contribution in [1.29, 1.82) is 0 Å². The van der Waals surface area contributed by atoms with Gasteiger partial charge in [0.15, 0.2) is 5.13 Å². The third-order valence-electron chi connectivity index (χ3n) is 2.77. The van der Waals surface area contributed by atoms with Gasteiger partial charge >= 0.3 is 0 Å². The van der Waals surface area contributed by atoms with Gasteiger partial charge in [-0.25, -0.2) is 4.98 Å². The standard InChI is InChI=1S/C13H23N5O2S/c1-5-18(4)13-17-11(14)10(21-13)12(20)16-7-9(19)15-6-8(2)3/h8H,5-7,14H2,1-4H3,(H,15,19)(H,16,20). The summed E-state index contributed by atoms with van der Waals surface area (Å²) in [6.07, 6.45) is 0. The van der Waals surface area contributed by atoms with Gasteiger partial charge in [-0.2, -0.15) is 0 Å². The van der Waals surface area contributed by atoms with E-state index in [2.05, 4.69) is 15.6 Å². The van der Waals surface area contributed by atoms with Crippen LogP contribution < -0.4 is 21.3 Å². The predicted molar refractivity (Wildman–Crippen MR) is 85.7 cm³/mol. The zero-order chi connectivity index (χ0) is 16.0. The summed E-state index contributed by atoms with van der Waals surface area (Å²) in [6.45, 7) is 7.28. The van der Waals surface area contributed by atoms with Crippen LogP contribution in [0.2, 0.25) is 0 Å². The number of carbonyl (C=O) groups excluding carboxylic acids is 2. The quantitative estimate of drug-likeness (QED) is 0.687. The number of nitrogen functional groups attached to an aromatic ring is 1. The van der Waals surface area contributed by atoms with E-state index < -0.39 is 0 Å². The molecule has 8 heteroatoms. The summed E-state index contributed by atoms with van der Waals surface area (Å²) < 4.78 is 0. The fourth-order valence-corrected chi connectivity index (χ4v) is 2.33. The van der Waals surface area contributed by atoms with Crippen molar-refractivity contribution in [3.8, 4) is 0 Å². The van der Waals surface area contributed by atoms with E-state index in [4.69, 9.17) is 5.73 Å². The zero-order valence-electron chi connectivity index (χ0n) is 12.9. The second-order valence-electron chi connectivity index (χ2n) is 5.11. The maximum absolute atomic E-state index is 12.0. The first-order valence-corrected chi connectivity index (χ1v) is 7.69. The Hall–Kier alpha value is -1.83. The molecule has 4 N–H and O–H groups in total. The topological polar surface area (TPSA) is 100 Å². The zero-order valence-corrected chi connectivity index (χ0v) is 13.7. The minimum atomic E-state index is -0.375. The highest BCUT2D eigenvalue weighted by Crippen LogP contribution is 2.26. The highest BCUT2D eigenvalue weighted by atomic mass is 32.1. The Morgan fingerprint density at radius 3 is 2.62 bits per heavy atom. The molecule has 118 valence electrons. The number of hydrogen-bond acceptors (Lipinski definition) is 6. The Bertz CT molecular complexity index is 501. The number of rotatable bonds is 7. The number of nitrogens with zero attached hydrogens (tertiary/aromatic N) is 2. The van der Waals surface area contributed by atoms with Gasteiger partial charge in [-0.3, -0.25) is 9.59 Å². The van der Waals surface area contributed by atoms with E-state index in [1.165, 1.54) is 11.3 Å². The molecule has 0 radical (unpaired) electrons. The van der Waals surface area contributed by atoms with E-state index in [0.717, 1.165) is 6.54 Å². The lowest BCUT2D eigenvalue weighted by molar-refractivity contribution is -0.120. The highest BCUT2D eigenvalue weighted by Gasteiger charge is 2.18. The van der Waals surface area contributed by atoms with Gasteiger partial charge in [-0.05, 0) is 12.8 Å². The Morgan fingerprint density at radius 2 is 2.05 bits per heavy atom. The summed E-state index contributed by atoms with van der Waals surface area (Å²) in [4.78, 5) is 29.9. The molecule has 1 heterocycles. The van der Waals surface area contributed by atoms with Crippen LogP contribution in [0.25, 0.3) is 0 Å². The molecule has 1 aromatic rings. The normalized spacial score (nSPS) is 10.5. The van der Waals surface area contributed by atoms with E-state index in [1.807, 2.05) is 32.7 Å². The Balaban J connectivity index is 2.56. The molecule has 2 amide bonds. The number of nitrogens with one attached hydrogen (secondary N) is 2. The average Bonchev–Trinajstić information content (AvgIpc) is 2.83. The molecule has 0 saturated heterocycles. The molecule has 21 heavy (non-hydrogen) atoms. The lowest BCUT2D eigenvalue weighted by atomic mass is 10.2. The fourth-order valence-electron chi connectivity index (χ4n) is 1.40. The molecule has 0 fully saturated rings. The van der Waals surface area contributed by atoms with Crippen molar-refractivity contribution < 1.29 is 9.59 Å². The third-order valence-corrected chi connectivity index (χ3v) is 3.95. The van der Waals surface area contributed by atoms with Gasteiger partial charge in [-0.1, -0.05) is 25.2 Å². The van der Waals surface area contributed by atoms with Crippen molar-refractivity contribution in [2.45, 2.75) is 20.8 Å². The minimum Gasteiger partial charge on any atom is -0.382 e. The Morgan fingerprint density at radius 1 is 1.38 bits per heavy atom. The molecule has 0 saturated carbocycles. The first kappa shape index (κ1) is 17.2. The minimum absolute atomic E-state index is 0.0676. The molecular weight excluding hydrogens is 290 g/mol. The first-order valence-electron chi connectivity index (χ1n) is 6.87. The monoisotopic (exact) mass is 313 g/mol. The molecule has 0 aliphatic rings. The van der Waals surface area contributed by atoms with E-state index >= 15 is 0 Å². The van der Waals surface area contributed by atoms with Crippen molar-refractivity contribution in [2.24, 2.45) is 5.92 Å². The van der Waals surface area contributed by atoms with Gasteiger partial charge in [0.1, 0.15) is 10.7 Å². The van der Waals surface area contributed by atoms with Crippen LogP contribution >= 0.6 is 11.3 Å². The largest absolute Gasteiger partial charge is 0.382 e. The van der Waals surface area contributed by atoms with Gasteiger partial charge in [-0.15, -0.1) is 0 Å². The first-order chi connectivity index (χ1) is 9.85. The molecule has 0 bridgehead atoms. The van der Waals surface area contributed by atoms with Crippen molar-refractivity contribution in [3.05, 3.63) is 4.88 Å². The molecule has 1 rings (SSSR count). The van der Waals surface area contributed by atoms with Crippen LogP contribution in [-0.4, -0.2) is 43.5 Å². The lowest BCUT2D eigenvalue weighted by Crippen LogP contribution is -2.38. The van der Waals surface area contributed by atoms with Crippen LogP contribution in [0.1, 0.15) is 30.4 Å². The maximum Gasteiger partial charge on any atom is 0.265 e. The molecule has 0 aromatic carbocycles. The Labute approximate surface area is 128 Å². The van der Waals surface area contributed by atoms with E-state index in [0.29, 0.717) is 22.5 Å². The van der Waals surface area contributed by atoms with Gasteiger partial charge in [0.05, 0.1) is 6.54 Å². The maximum atomic E-state index is 12.0. The fraction of sp³-hybridized carbons (Fsp3) is 0.615. The number of aromatic nitrogens is 1. The summed E-state index contributed by atoms with van der Waals surface area (Å²) in [5.41, 5.74) is 5.75. The predicted octanol–water partition coefficient (Wildman–Crippen LogP) is 0.683. The van der Waals surface area contributed by atoms with Crippen molar-refractivity contribution in [2.75, 3.05) is 37.3 Å². The number of hydrogen-bond donors (Lipinski definition) is 3. The molecule has 7 nitrogen and oxygen atoms in total. The molecule has 0 atom stereocenters. The van der Waals surface area contributed by atoms with E-state index in [9.17, 15) is 9.59 Å². The van der Waals surface area contributed by atoms with Crippen molar-refractivity contribution in [3.63, 3.8) is 0 Å². The molecule has 0 aliphatic carbocycles. The summed E-state index contributed by atoms with van der Waals surface area (Å²) >= 11 is 1.22. The van der Waals surface area contributed by atoms with E-state index in [-0.39, 0.29) is 24.2 Å². The molecular formula is C13H23N5O2S. The SMILES string of the molecule is CCN(C)c1nc(N)c(C(=O)NCC(=O)NCC(C)C)s1. The summed E-state index contributed by atoms with van der Waals surface area (Å²) in [6, 6.07) is 0. The second-order valence-corrected chi connectivity index (χ2v) is 6.08. The summed E-state index contributed by atoms with van der Waals surface area (Å²) in [5.74, 6) is -0.0317. The van der Waals surface area contributed by atoms with Gasteiger partial charge < -0.3 is 21.3 Å². The Kier molecular flexibility index (Phi) is 6.41. The number of carbonyl (C=O) groups is 2. The molecule has 0 spiro atoms. The smallest absolute Gasteiger partial charge is 0.265 e. The highest BCUT2D eigenvalue weighted by molar-refractivity contribution is 7.18. The van der Waals surface area contributed by atoms with Crippen molar-refractivity contribution >= 4 is 34.1 Å². The second kappa shape index (κ2) is 7.82. The third kappa shape index (κ3) is 5.22. The summed E-state index contributed by atoms with van der Waals surface area (Å²) in [5, 5.41) is 5.97. The van der Waals surface area contributed by atoms with Crippen LogP contribution in [0.3, 0.4) is 0 Å². The van der Waals surface area contributed by atoms with Crippen LogP contribution in [0.15, 0.2) is 0 Å². The number of amides is 2. The van der Waals surface area contributed by atoms with E-state index in [1.54, 1.807) is 0 Å². The average molecular weight is 313 g/mol. The number of nitrogens with two attached hydrogens (primary N) is 1. The van der Waals surface area contributed by atoms with Crippen LogP contribution in [0, 0.1) is 5.92 Å². The summed E-state index contributed by atoms with van der Waals surface area (Å²) in [7, 11) is 1.87. The van der Waals surface area contributed by atoms with Crippen LogP contribution in [0.4, 0.5) is 10.9 Å². The number of thiazole rings is 1. The molecule has 0 unspecified atom stereocenters. The van der Waals surface area contributed by atoms with Crippen molar-refractivity contribution in [1.82, 2.24) is 15.6 Å².